The van der Waals surface area contributed by atoms with Gasteiger partial charge >= 0.3 is 0 Å². The Bertz CT molecular complexity index is 917. The van der Waals surface area contributed by atoms with Crippen LogP contribution in [0.5, 0.6) is 0 Å². The van der Waals surface area contributed by atoms with Crippen LogP contribution in [-0.4, -0.2) is 17.1 Å². The number of nitrogens with zero attached hydrogens (tertiary/aromatic N) is 2. The Hall–Kier alpha value is -2.50. The maximum absolute atomic E-state index is 12.8. The topological polar surface area (TPSA) is 86.3 Å². The molecule has 1 atom stereocenters. The molecule has 1 fully saturated rings. The summed E-state index contributed by atoms with van der Waals surface area (Å²) in [5.74, 6) is -0.0912. The zero-order chi connectivity index (χ0) is 19.4. The molecule has 2 amide bonds. The highest BCUT2D eigenvalue weighted by atomic mass is 79.9. The molecule has 6 nitrogen and oxygen atoms in total. The summed E-state index contributed by atoms with van der Waals surface area (Å²) >= 11 is 4.62. The Morgan fingerprint density at radius 3 is 2.70 bits per heavy atom. The molecule has 2 heterocycles. The first kappa shape index (κ1) is 19.3. The van der Waals surface area contributed by atoms with Gasteiger partial charge in [-0.2, -0.15) is 5.26 Å². The third-order valence-corrected chi connectivity index (χ3v) is 5.92. The van der Waals surface area contributed by atoms with Crippen molar-refractivity contribution < 1.29 is 14.0 Å². The molecular weight excluding hydrogens is 430 g/mol. The normalized spacial score (nSPS) is 18.3. The molecule has 1 saturated heterocycles. The first-order valence-corrected chi connectivity index (χ1v) is 9.93. The van der Waals surface area contributed by atoms with Crippen LogP contribution in [0, 0.1) is 11.3 Å². The molecule has 0 unspecified atom stereocenters. The van der Waals surface area contributed by atoms with Crippen LogP contribution >= 0.6 is 27.7 Å². The number of halogens is 1. The Morgan fingerprint density at radius 1 is 1.37 bits per heavy atom. The van der Waals surface area contributed by atoms with Crippen LogP contribution in [0.3, 0.4) is 0 Å². The second-order valence-electron chi connectivity index (χ2n) is 5.72. The summed E-state index contributed by atoms with van der Waals surface area (Å²) in [6.07, 6.45) is 2.12. The van der Waals surface area contributed by atoms with E-state index >= 15 is 0 Å². The minimum absolute atomic E-state index is 0.0845. The minimum atomic E-state index is -0.539. The highest BCUT2D eigenvalue weighted by molar-refractivity contribution is 9.10. The highest BCUT2D eigenvalue weighted by Gasteiger charge is 2.39. The number of carbonyl (C=O) groups excluding carboxylic acids is 2. The Labute approximate surface area is 169 Å². The first-order chi connectivity index (χ1) is 13.0. The molecule has 2 aromatic rings. The van der Waals surface area contributed by atoms with E-state index < -0.39 is 5.91 Å². The van der Waals surface area contributed by atoms with E-state index in [-0.39, 0.29) is 23.3 Å². The van der Waals surface area contributed by atoms with E-state index in [9.17, 15) is 14.9 Å². The van der Waals surface area contributed by atoms with Crippen LogP contribution in [0.1, 0.15) is 19.1 Å². The van der Waals surface area contributed by atoms with Crippen LogP contribution in [0.4, 0.5) is 5.69 Å². The maximum atomic E-state index is 12.8. The third-order valence-electron chi connectivity index (χ3n) is 3.96. The van der Waals surface area contributed by atoms with E-state index in [1.54, 1.807) is 24.3 Å². The molecule has 1 aliphatic rings. The number of carbonyl (C=O) groups is 2. The van der Waals surface area contributed by atoms with Gasteiger partial charge in [0.05, 0.1) is 18.1 Å². The van der Waals surface area contributed by atoms with Crippen molar-refractivity contribution in [2.45, 2.75) is 25.1 Å². The molecule has 3 rings (SSSR count). The number of rotatable bonds is 5. The van der Waals surface area contributed by atoms with Crippen molar-refractivity contribution in [3.63, 3.8) is 0 Å². The number of benzene rings is 1. The monoisotopic (exact) mass is 445 g/mol. The Balaban J connectivity index is 1.94. The van der Waals surface area contributed by atoms with E-state index in [0.717, 1.165) is 4.47 Å². The molecule has 1 N–H and O–H groups in total. The van der Waals surface area contributed by atoms with E-state index in [1.165, 1.54) is 22.9 Å². The number of furan rings is 1. The molecule has 27 heavy (non-hydrogen) atoms. The third kappa shape index (κ3) is 4.10. The largest absolute Gasteiger partial charge is 0.467 e. The van der Waals surface area contributed by atoms with Crippen molar-refractivity contribution in [2.75, 3.05) is 4.90 Å². The van der Waals surface area contributed by atoms with Crippen LogP contribution in [0.15, 0.2) is 62.2 Å². The molecule has 0 aliphatic carbocycles. The lowest BCUT2D eigenvalue weighted by molar-refractivity contribution is -0.117. The van der Waals surface area contributed by atoms with Crippen molar-refractivity contribution >= 4 is 45.2 Å². The predicted molar refractivity (Wildman–Crippen MR) is 106 cm³/mol. The quantitative estimate of drug-likeness (QED) is 0.555. The van der Waals surface area contributed by atoms with Crippen molar-refractivity contribution in [1.29, 1.82) is 5.26 Å². The second kappa shape index (κ2) is 8.46. The number of hydrogen-bond acceptors (Lipinski definition) is 5. The lowest BCUT2D eigenvalue weighted by atomic mass is 10.2. The average Bonchev–Trinajstić information content (AvgIpc) is 3.29. The zero-order valence-corrected chi connectivity index (χ0v) is 16.8. The van der Waals surface area contributed by atoms with Crippen molar-refractivity contribution in [2.24, 2.45) is 0 Å². The fraction of sp³-hybridized carbons (Fsp3) is 0.211. The van der Waals surface area contributed by atoms with Crippen LogP contribution < -0.4 is 10.2 Å². The fourth-order valence-electron chi connectivity index (χ4n) is 2.61. The molecule has 0 saturated carbocycles. The molecule has 1 aliphatic heterocycles. The van der Waals surface area contributed by atoms with Gasteiger partial charge in [-0.3, -0.25) is 14.5 Å². The zero-order valence-electron chi connectivity index (χ0n) is 14.4. The summed E-state index contributed by atoms with van der Waals surface area (Å²) in [4.78, 5) is 26.9. The lowest BCUT2D eigenvalue weighted by Gasteiger charge is -2.18. The SMILES string of the molecule is CC[C@@H]1S/C(=C(/C#N)C(=O)NCc2ccco2)N(c2ccc(Br)cc2)C1=O. The van der Waals surface area contributed by atoms with E-state index in [1.807, 2.05) is 25.1 Å². The smallest absolute Gasteiger partial charge is 0.265 e. The van der Waals surface area contributed by atoms with Gasteiger partial charge in [-0.05, 0) is 42.8 Å². The van der Waals surface area contributed by atoms with Crippen molar-refractivity contribution in [3.05, 3.63) is 63.5 Å². The van der Waals surface area contributed by atoms with Gasteiger partial charge in [0, 0.05) is 10.2 Å². The van der Waals surface area contributed by atoms with Gasteiger partial charge in [0.25, 0.3) is 5.91 Å². The summed E-state index contributed by atoms with van der Waals surface area (Å²) in [5, 5.41) is 12.3. The van der Waals surface area contributed by atoms with Gasteiger partial charge in [0.15, 0.2) is 0 Å². The number of nitrogens with one attached hydrogen (secondary N) is 1. The number of hydrogen-bond donors (Lipinski definition) is 1. The number of amides is 2. The van der Waals surface area contributed by atoms with Gasteiger partial charge in [0.1, 0.15) is 22.4 Å². The number of thioether (sulfide) groups is 1. The molecule has 0 radical (unpaired) electrons. The van der Waals surface area contributed by atoms with E-state index in [0.29, 0.717) is 22.9 Å². The van der Waals surface area contributed by atoms with Crippen LogP contribution in [0.25, 0.3) is 0 Å². The summed E-state index contributed by atoms with van der Waals surface area (Å²) in [7, 11) is 0. The van der Waals surface area contributed by atoms with Gasteiger partial charge in [-0.25, -0.2) is 0 Å². The Kier molecular flexibility index (Phi) is 6.04. The predicted octanol–water partition coefficient (Wildman–Crippen LogP) is 3.95. The van der Waals surface area contributed by atoms with Gasteiger partial charge in [-0.15, -0.1) is 0 Å². The van der Waals surface area contributed by atoms with Gasteiger partial charge in [0.2, 0.25) is 5.91 Å². The maximum Gasteiger partial charge on any atom is 0.265 e. The first-order valence-electron chi connectivity index (χ1n) is 8.26. The van der Waals surface area contributed by atoms with Gasteiger partial charge in [-0.1, -0.05) is 34.6 Å². The average molecular weight is 446 g/mol. The molecule has 1 aromatic carbocycles. The van der Waals surface area contributed by atoms with E-state index in [2.05, 4.69) is 21.2 Å². The number of nitriles is 1. The summed E-state index contributed by atoms with van der Waals surface area (Å²) in [6.45, 7) is 2.07. The molecular formula is C19H16BrN3O3S. The summed E-state index contributed by atoms with van der Waals surface area (Å²) in [6, 6.07) is 12.6. The molecule has 138 valence electrons. The minimum Gasteiger partial charge on any atom is -0.467 e. The van der Waals surface area contributed by atoms with Crippen LogP contribution in [0.2, 0.25) is 0 Å². The summed E-state index contributed by atoms with van der Waals surface area (Å²) in [5.41, 5.74) is 0.534. The fourth-order valence-corrected chi connectivity index (χ4v) is 4.07. The van der Waals surface area contributed by atoms with Crippen LogP contribution in [-0.2, 0) is 16.1 Å². The second-order valence-corrected chi connectivity index (χ2v) is 7.83. The van der Waals surface area contributed by atoms with Crippen molar-refractivity contribution in [1.82, 2.24) is 5.32 Å². The van der Waals surface area contributed by atoms with Gasteiger partial charge < -0.3 is 9.73 Å². The molecule has 0 spiro atoms. The van der Waals surface area contributed by atoms with E-state index in [4.69, 9.17) is 4.42 Å². The lowest BCUT2D eigenvalue weighted by Crippen LogP contribution is -2.31. The van der Waals surface area contributed by atoms with Crippen molar-refractivity contribution in [3.8, 4) is 6.07 Å². The molecule has 8 heteroatoms. The molecule has 1 aromatic heterocycles. The standard InChI is InChI=1S/C19H16BrN3O3S/c1-2-16-18(25)23(13-7-5-12(20)6-8-13)19(27-16)15(10-21)17(24)22-11-14-4-3-9-26-14/h3-9,16H,2,11H2,1H3,(H,22,24)/b19-15-/t16-/m0/s1. The Morgan fingerprint density at radius 2 is 2.11 bits per heavy atom. The summed E-state index contributed by atoms with van der Waals surface area (Å²) < 4.78 is 6.06. The molecule has 0 bridgehead atoms. The highest BCUT2D eigenvalue weighted by Crippen LogP contribution is 2.41. The number of anilines is 1.